The topological polar surface area (TPSA) is 64.1 Å². The Labute approximate surface area is 158 Å². The zero-order chi connectivity index (χ0) is 18.0. The number of halogens is 3. The van der Waals surface area contributed by atoms with Crippen LogP contribution in [0, 0.1) is 23.8 Å². The number of amides is 1. The number of carbonyl (C=O) groups is 1. The highest BCUT2D eigenvalue weighted by molar-refractivity contribution is 6.42. The highest BCUT2D eigenvalue weighted by Crippen LogP contribution is 2.65. The van der Waals surface area contributed by atoms with E-state index in [1.54, 1.807) is 18.2 Å². The molecule has 3 aliphatic rings. The van der Waals surface area contributed by atoms with Gasteiger partial charge in [0.05, 0.1) is 28.2 Å². The minimum absolute atomic E-state index is 0.0383. The van der Waals surface area contributed by atoms with Gasteiger partial charge in [0.15, 0.2) is 0 Å². The van der Waals surface area contributed by atoms with Crippen LogP contribution < -0.4 is 5.32 Å². The predicted octanol–water partition coefficient (Wildman–Crippen LogP) is 3.68. The largest absolute Gasteiger partial charge is 0.373 e. The van der Waals surface area contributed by atoms with E-state index in [-0.39, 0.29) is 30.0 Å². The van der Waals surface area contributed by atoms with Crippen molar-refractivity contribution in [2.24, 2.45) is 17.8 Å². The molecule has 2 aromatic rings. The first kappa shape index (κ1) is 16.4. The summed E-state index contributed by atoms with van der Waals surface area (Å²) in [6.45, 7) is 0. The molecular formula is C18H14Cl2FN3O2. The lowest BCUT2D eigenvalue weighted by atomic mass is 9.75. The van der Waals surface area contributed by atoms with Crippen molar-refractivity contribution in [3.8, 4) is 0 Å². The molecular weight excluding hydrogens is 380 g/mol. The van der Waals surface area contributed by atoms with Gasteiger partial charge in [0, 0.05) is 24.0 Å². The fourth-order valence-electron chi connectivity index (χ4n) is 4.49. The van der Waals surface area contributed by atoms with E-state index in [1.165, 1.54) is 12.4 Å². The van der Waals surface area contributed by atoms with Crippen molar-refractivity contribution < 1.29 is 13.9 Å². The molecule has 0 radical (unpaired) electrons. The molecule has 1 amide bonds. The van der Waals surface area contributed by atoms with E-state index < -0.39 is 6.08 Å². The Hall–Kier alpha value is -1.76. The second kappa shape index (κ2) is 5.87. The highest BCUT2D eigenvalue weighted by Gasteiger charge is 2.68. The van der Waals surface area contributed by atoms with Crippen LogP contribution in [0.2, 0.25) is 10.0 Å². The second-order valence-corrected chi connectivity index (χ2v) is 7.90. The number of hydrogen-bond acceptors (Lipinski definition) is 4. The van der Waals surface area contributed by atoms with Crippen LogP contribution in [0.3, 0.4) is 0 Å². The summed E-state index contributed by atoms with van der Waals surface area (Å²) in [4.78, 5) is 20.3. The lowest BCUT2D eigenvalue weighted by molar-refractivity contribution is -0.122. The molecule has 5 nitrogen and oxygen atoms in total. The summed E-state index contributed by atoms with van der Waals surface area (Å²) in [5.74, 6) is 0.223. The number of carbonyl (C=O) groups excluding carboxylic acids is 1. The first-order valence-corrected chi connectivity index (χ1v) is 9.17. The maximum Gasteiger partial charge on any atom is 0.308 e. The molecule has 1 N–H and O–H groups in total. The van der Waals surface area contributed by atoms with E-state index in [9.17, 15) is 9.18 Å². The number of anilines is 1. The molecule has 1 aromatic carbocycles. The van der Waals surface area contributed by atoms with Crippen LogP contribution in [0.5, 0.6) is 0 Å². The monoisotopic (exact) mass is 393 g/mol. The Morgan fingerprint density at radius 1 is 1.15 bits per heavy atom. The zero-order valence-electron chi connectivity index (χ0n) is 13.4. The van der Waals surface area contributed by atoms with Crippen LogP contribution in [0.1, 0.15) is 17.9 Å². The Kier molecular flexibility index (Phi) is 3.71. The number of fused-ring (bicyclic) bond motifs is 5. The minimum atomic E-state index is -0.779. The summed E-state index contributed by atoms with van der Waals surface area (Å²) in [5.41, 5.74) is 1.31. The van der Waals surface area contributed by atoms with Crippen molar-refractivity contribution >= 4 is 34.8 Å². The lowest BCUT2D eigenvalue weighted by Crippen LogP contribution is -2.37. The SMILES string of the molecule is O=C(Nc1ccc(Cl)c(Cl)c1)[C@H]1[C@@H]2O[C@@H]([C@H]3C[C@H]32)[C@@H]1c1cnc(F)nc1. The van der Waals surface area contributed by atoms with Gasteiger partial charge >= 0.3 is 6.08 Å². The van der Waals surface area contributed by atoms with Crippen molar-refractivity contribution in [3.63, 3.8) is 0 Å². The van der Waals surface area contributed by atoms with Crippen LogP contribution in [-0.2, 0) is 9.53 Å². The van der Waals surface area contributed by atoms with E-state index in [4.69, 9.17) is 27.9 Å². The molecule has 6 atom stereocenters. The van der Waals surface area contributed by atoms with E-state index in [0.717, 1.165) is 12.0 Å². The number of benzene rings is 1. The summed E-state index contributed by atoms with van der Waals surface area (Å²) < 4.78 is 19.2. The Morgan fingerprint density at radius 2 is 1.88 bits per heavy atom. The molecule has 134 valence electrons. The van der Waals surface area contributed by atoms with Gasteiger partial charge in [-0.3, -0.25) is 4.79 Å². The lowest BCUT2D eigenvalue weighted by Gasteiger charge is -2.26. The molecule has 2 aliphatic heterocycles. The average molecular weight is 394 g/mol. The Balaban J connectivity index is 1.44. The molecule has 0 spiro atoms. The molecule has 1 saturated carbocycles. The summed E-state index contributed by atoms with van der Waals surface area (Å²) in [6.07, 6.45) is 3.04. The van der Waals surface area contributed by atoms with E-state index >= 15 is 0 Å². The van der Waals surface area contributed by atoms with E-state index in [0.29, 0.717) is 27.6 Å². The van der Waals surface area contributed by atoms with Crippen LogP contribution in [0.4, 0.5) is 10.1 Å². The fourth-order valence-corrected chi connectivity index (χ4v) is 4.79. The van der Waals surface area contributed by atoms with Gasteiger partial charge in [0.25, 0.3) is 0 Å². The van der Waals surface area contributed by atoms with Crippen molar-refractivity contribution in [1.29, 1.82) is 0 Å². The van der Waals surface area contributed by atoms with Crippen LogP contribution >= 0.6 is 23.2 Å². The number of nitrogens with one attached hydrogen (secondary N) is 1. The smallest absolute Gasteiger partial charge is 0.308 e. The van der Waals surface area contributed by atoms with Gasteiger partial charge in [-0.1, -0.05) is 23.2 Å². The quantitative estimate of drug-likeness (QED) is 0.807. The molecule has 5 rings (SSSR count). The van der Waals surface area contributed by atoms with Crippen molar-refractivity contribution in [2.45, 2.75) is 24.5 Å². The van der Waals surface area contributed by atoms with E-state index in [1.807, 2.05) is 0 Å². The Morgan fingerprint density at radius 3 is 2.62 bits per heavy atom. The minimum Gasteiger partial charge on any atom is -0.373 e. The Bertz CT molecular complexity index is 895. The van der Waals surface area contributed by atoms with Gasteiger partial charge in [-0.05, 0) is 42.0 Å². The van der Waals surface area contributed by atoms with Gasteiger partial charge < -0.3 is 10.1 Å². The molecule has 3 heterocycles. The molecule has 26 heavy (non-hydrogen) atoms. The van der Waals surface area contributed by atoms with Crippen LogP contribution in [-0.4, -0.2) is 28.1 Å². The zero-order valence-corrected chi connectivity index (χ0v) is 14.9. The van der Waals surface area contributed by atoms with Crippen molar-refractivity contribution in [1.82, 2.24) is 9.97 Å². The third kappa shape index (κ3) is 2.51. The summed E-state index contributed by atoms with van der Waals surface area (Å²) in [7, 11) is 0. The molecule has 1 aliphatic carbocycles. The maximum absolute atomic E-state index is 13.1. The van der Waals surface area contributed by atoms with Gasteiger partial charge in [0.1, 0.15) is 0 Å². The molecule has 3 fully saturated rings. The van der Waals surface area contributed by atoms with E-state index in [2.05, 4.69) is 15.3 Å². The van der Waals surface area contributed by atoms with Gasteiger partial charge in [-0.2, -0.15) is 4.39 Å². The normalized spacial score (nSPS) is 33.8. The fraction of sp³-hybridized carbons (Fsp3) is 0.389. The first-order chi connectivity index (χ1) is 12.5. The van der Waals surface area contributed by atoms with Gasteiger partial charge in [0.2, 0.25) is 5.91 Å². The number of aromatic nitrogens is 2. The van der Waals surface area contributed by atoms with Crippen molar-refractivity contribution in [3.05, 3.63) is 52.3 Å². The van der Waals surface area contributed by atoms with Crippen LogP contribution in [0.15, 0.2) is 30.6 Å². The standard InChI is InChI=1S/C18H14Cl2FN3O2/c19-11-2-1-8(3-12(11)20)24-17(25)14-13(7-5-22-18(21)23-6-7)15-9-4-10(9)16(14)26-15/h1-3,5-6,9-10,13-16H,4H2,(H,24,25)/t9-,10+,13+,14+,15-,16+/m0/s1. The maximum atomic E-state index is 13.1. The summed E-state index contributed by atoms with van der Waals surface area (Å²) in [6, 6.07) is 4.96. The first-order valence-electron chi connectivity index (χ1n) is 8.42. The third-order valence-electron chi connectivity index (χ3n) is 5.66. The van der Waals surface area contributed by atoms with Crippen molar-refractivity contribution in [2.75, 3.05) is 5.32 Å². The number of ether oxygens (including phenoxy) is 1. The second-order valence-electron chi connectivity index (χ2n) is 7.08. The number of rotatable bonds is 3. The molecule has 8 heteroatoms. The predicted molar refractivity (Wildman–Crippen MR) is 93.6 cm³/mol. The van der Waals surface area contributed by atoms with Gasteiger partial charge in [-0.15, -0.1) is 0 Å². The van der Waals surface area contributed by atoms with Crippen LogP contribution in [0.25, 0.3) is 0 Å². The van der Waals surface area contributed by atoms with Gasteiger partial charge in [-0.25, -0.2) is 9.97 Å². The number of nitrogens with zero attached hydrogens (tertiary/aromatic N) is 2. The molecule has 0 unspecified atom stereocenters. The average Bonchev–Trinajstić information content (AvgIpc) is 3.24. The molecule has 1 aromatic heterocycles. The number of hydrogen-bond donors (Lipinski definition) is 1. The summed E-state index contributed by atoms with van der Waals surface area (Å²) >= 11 is 12.0. The highest BCUT2D eigenvalue weighted by atomic mass is 35.5. The third-order valence-corrected chi connectivity index (χ3v) is 6.40. The summed E-state index contributed by atoms with van der Waals surface area (Å²) in [5, 5.41) is 3.71. The molecule has 2 bridgehead atoms. The molecule has 2 saturated heterocycles.